The molecule has 2 aromatic heterocycles. The Morgan fingerprint density at radius 3 is 2.25 bits per heavy atom. The highest BCUT2D eigenvalue weighted by atomic mass is 32.2. The smallest absolute Gasteiger partial charge is 0.323 e. The van der Waals surface area contributed by atoms with Crippen LogP contribution in [0.4, 0.5) is 21.9 Å². The number of hydrogen-bond donors (Lipinski definition) is 2. The minimum Gasteiger partial charge on any atom is -0.481 e. The molecule has 10 heteroatoms. The molecule has 0 atom stereocenters. The molecule has 4 aromatic rings. The van der Waals surface area contributed by atoms with Gasteiger partial charge in [0.1, 0.15) is 4.21 Å². The molecule has 0 aliphatic carbocycles. The minimum absolute atomic E-state index is 0.242. The Labute approximate surface area is 214 Å². The normalized spacial score (nSPS) is 11.1. The van der Waals surface area contributed by atoms with Crippen molar-refractivity contribution in [3.8, 4) is 16.3 Å². The highest BCUT2D eigenvalue weighted by Crippen LogP contribution is 2.34. The largest absolute Gasteiger partial charge is 0.481 e. The van der Waals surface area contributed by atoms with Gasteiger partial charge in [-0.15, -0.1) is 11.3 Å². The van der Waals surface area contributed by atoms with Crippen LogP contribution in [-0.2, 0) is 10.0 Å². The third-order valence-corrected chi connectivity index (χ3v) is 8.66. The molecule has 0 aliphatic rings. The lowest BCUT2D eigenvalue weighted by atomic mass is 10.2. The number of thiophene rings is 1. The van der Waals surface area contributed by atoms with E-state index >= 15 is 0 Å². The van der Waals surface area contributed by atoms with Gasteiger partial charge >= 0.3 is 6.03 Å². The number of benzene rings is 2. The predicted octanol–water partition coefficient (Wildman–Crippen LogP) is 6.07. The summed E-state index contributed by atoms with van der Waals surface area (Å²) in [6.07, 6.45) is 2.30. The van der Waals surface area contributed by atoms with E-state index in [0.717, 1.165) is 10.4 Å². The third-order valence-electron chi connectivity index (χ3n) is 5.23. The molecule has 0 unspecified atom stereocenters. The summed E-state index contributed by atoms with van der Waals surface area (Å²) < 4.78 is 33.8. The van der Waals surface area contributed by atoms with Crippen LogP contribution >= 0.6 is 11.3 Å². The first-order chi connectivity index (χ1) is 17.4. The Morgan fingerprint density at radius 2 is 1.64 bits per heavy atom. The summed E-state index contributed by atoms with van der Waals surface area (Å²) in [7, 11) is -2.24. The van der Waals surface area contributed by atoms with Crippen molar-refractivity contribution in [2.45, 2.75) is 17.6 Å². The lowest BCUT2D eigenvalue weighted by Crippen LogP contribution is -2.31. The molecule has 2 heterocycles. The van der Waals surface area contributed by atoms with Gasteiger partial charge in [0.05, 0.1) is 12.8 Å². The van der Waals surface area contributed by atoms with Crippen LogP contribution < -0.4 is 19.7 Å². The maximum absolute atomic E-state index is 13.6. The van der Waals surface area contributed by atoms with Gasteiger partial charge in [-0.3, -0.25) is 4.31 Å². The summed E-state index contributed by atoms with van der Waals surface area (Å²) in [6.45, 7) is 2.25. The van der Waals surface area contributed by atoms with Crippen LogP contribution in [0.2, 0.25) is 0 Å². The van der Waals surface area contributed by atoms with Gasteiger partial charge in [0.2, 0.25) is 5.88 Å². The Balaban J connectivity index is 1.51. The number of carbonyl (C=O) groups is 1. The number of hydrogen-bond acceptors (Lipinski definition) is 6. The van der Waals surface area contributed by atoms with Crippen molar-refractivity contribution in [2.24, 2.45) is 0 Å². The van der Waals surface area contributed by atoms with E-state index in [-0.39, 0.29) is 10.2 Å². The van der Waals surface area contributed by atoms with Gasteiger partial charge in [-0.25, -0.2) is 18.2 Å². The van der Waals surface area contributed by atoms with Crippen molar-refractivity contribution < 1.29 is 17.9 Å². The second-order valence-corrected chi connectivity index (χ2v) is 11.0. The van der Waals surface area contributed by atoms with Gasteiger partial charge in [0.15, 0.2) is 0 Å². The first kappa shape index (κ1) is 25.2. The minimum atomic E-state index is -3.79. The monoisotopic (exact) mass is 522 g/mol. The number of nitrogens with one attached hydrogen (secondary N) is 2. The van der Waals surface area contributed by atoms with E-state index in [1.165, 1.54) is 15.6 Å². The molecule has 2 N–H and O–H groups in total. The lowest BCUT2D eigenvalue weighted by Gasteiger charge is -2.23. The molecule has 2 amide bonds. The zero-order valence-corrected chi connectivity index (χ0v) is 21.5. The fraction of sp³-hybridized carbons (Fsp3) is 0.154. The van der Waals surface area contributed by atoms with Gasteiger partial charge in [0.25, 0.3) is 10.0 Å². The molecule has 0 bridgehead atoms. The molecule has 0 saturated heterocycles. The number of methoxy groups -OCH3 is 1. The number of urea groups is 1. The zero-order chi connectivity index (χ0) is 25.5. The maximum atomic E-state index is 13.6. The van der Waals surface area contributed by atoms with Crippen LogP contribution in [0.3, 0.4) is 0 Å². The summed E-state index contributed by atoms with van der Waals surface area (Å²) in [5.41, 5.74) is 2.56. The molecule has 36 heavy (non-hydrogen) atoms. The Hall–Kier alpha value is -3.89. The second kappa shape index (κ2) is 11.2. The van der Waals surface area contributed by atoms with Crippen molar-refractivity contribution in [3.63, 3.8) is 0 Å². The van der Waals surface area contributed by atoms with Gasteiger partial charge in [-0.2, -0.15) is 0 Å². The van der Waals surface area contributed by atoms with E-state index in [9.17, 15) is 13.2 Å². The fourth-order valence-electron chi connectivity index (χ4n) is 3.49. The molecule has 2 aromatic carbocycles. The number of rotatable bonds is 9. The van der Waals surface area contributed by atoms with Gasteiger partial charge in [-0.1, -0.05) is 25.1 Å². The number of aromatic nitrogens is 1. The van der Waals surface area contributed by atoms with Crippen LogP contribution in [0.5, 0.6) is 5.88 Å². The second-order valence-electron chi connectivity index (χ2n) is 7.78. The molecule has 0 aliphatic heterocycles. The maximum Gasteiger partial charge on any atom is 0.323 e. The molecule has 4 rings (SSSR count). The topological polar surface area (TPSA) is 101 Å². The van der Waals surface area contributed by atoms with Crippen molar-refractivity contribution in [3.05, 3.63) is 85.1 Å². The first-order valence-corrected chi connectivity index (χ1v) is 13.5. The number of sulfonamides is 1. The number of para-hydroxylation sites is 1. The average Bonchev–Trinajstić information content (AvgIpc) is 3.40. The molecular weight excluding hydrogens is 496 g/mol. The summed E-state index contributed by atoms with van der Waals surface area (Å²) in [6, 6.07) is 22.4. The van der Waals surface area contributed by atoms with Crippen molar-refractivity contribution in [1.82, 2.24) is 4.98 Å². The van der Waals surface area contributed by atoms with E-state index in [2.05, 4.69) is 15.6 Å². The Morgan fingerprint density at radius 1 is 0.944 bits per heavy atom. The van der Waals surface area contributed by atoms with E-state index in [1.807, 2.05) is 31.2 Å². The number of carbonyl (C=O) groups excluding carboxylic acids is 1. The van der Waals surface area contributed by atoms with Crippen molar-refractivity contribution in [1.29, 1.82) is 0 Å². The molecule has 8 nitrogen and oxygen atoms in total. The Bertz CT molecular complexity index is 1400. The van der Waals surface area contributed by atoms with Gasteiger partial charge < -0.3 is 15.4 Å². The predicted molar refractivity (Wildman–Crippen MR) is 144 cm³/mol. The standard InChI is InChI=1S/C26H26N4O4S2/c1-3-17-30(22-12-10-21(11-13-22)29-26(31)28-20-7-5-4-6-8-20)36(32,33)25-16-14-23(35-25)19-9-15-24(34-2)27-18-19/h4-16,18H,3,17H2,1-2H3,(H2,28,29,31). The lowest BCUT2D eigenvalue weighted by molar-refractivity contribution is 0.262. The molecular formula is C26H26N4O4S2. The third kappa shape index (κ3) is 5.84. The van der Waals surface area contributed by atoms with Crippen LogP contribution in [0.25, 0.3) is 10.4 Å². The van der Waals surface area contributed by atoms with Gasteiger partial charge in [0, 0.05) is 40.6 Å². The number of amides is 2. The van der Waals surface area contributed by atoms with Crippen LogP contribution in [0.15, 0.2) is 89.3 Å². The van der Waals surface area contributed by atoms with Crippen LogP contribution in [-0.4, -0.2) is 33.1 Å². The fourth-order valence-corrected chi connectivity index (χ4v) is 6.45. The number of ether oxygens (including phenoxy) is 1. The summed E-state index contributed by atoms with van der Waals surface area (Å²) in [4.78, 5) is 17.3. The first-order valence-electron chi connectivity index (χ1n) is 11.3. The molecule has 186 valence electrons. The molecule has 0 spiro atoms. The van der Waals surface area contributed by atoms with Gasteiger partial charge in [-0.05, 0) is 61.0 Å². The van der Waals surface area contributed by atoms with Crippen molar-refractivity contribution >= 4 is 44.5 Å². The number of nitrogens with zero attached hydrogens (tertiary/aromatic N) is 2. The molecule has 0 fully saturated rings. The zero-order valence-electron chi connectivity index (χ0n) is 19.8. The Kier molecular flexibility index (Phi) is 7.87. The molecule has 0 saturated carbocycles. The average molecular weight is 523 g/mol. The van der Waals surface area contributed by atoms with E-state index in [1.54, 1.807) is 67.9 Å². The van der Waals surface area contributed by atoms with Crippen molar-refractivity contribution in [2.75, 3.05) is 28.6 Å². The van der Waals surface area contributed by atoms with Crippen LogP contribution in [0.1, 0.15) is 13.3 Å². The van der Waals surface area contributed by atoms with Crippen LogP contribution in [0, 0.1) is 0 Å². The SMILES string of the molecule is CCCN(c1ccc(NC(=O)Nc2ccccc2)cc1)S(=O)(=O)c1ccc(-c2ccc(OC)nc2)s1. The summed E-state index contributed by atoms with van der Waals surface area (Å²) in [5.74, 6) is 0.493. The van der Waals surface area contributed by atoms with E-state index in [0.29, 0.717) is 35.9 Å². The highest BCUT2D eigenvalue weighted by molar-refractivity contribution is 7.94. The van der Waals surface area contributed by atoms with E-state index < -0.39 is 10.0 Å². The van der Waals surface area contributed by atoms with E-state index in [4.69, 9.17) is 4.74 Å². The highest BCUT2D eigenvalue weighted by Gasteiger charge is 2.26. The summed E-state index contributed by atoms with van der Waals surface area (Å²) in [5, 5.41) is 5.51. The number of pyridine rings is 1. The number of anilines is 3. The summed E-state index contributed by atoms with van der Waals surface area (Å²) >= 11 is 1.19. The quantitative estimate of drug-likeness (QED) is 0.278. The molecule has 0 radical (unpaired) electrons.